The standard InChI is InChI=1S/C17H16Cl2N2O2/c1-17(2)8-15(22)21-14-4-3-10(7-11(14)17)23-16-12(18)5-9(20)6-13(16)19/h3-7H,8,20H2,1-2H3,(H,21,22). The molecule has 1 amide bonds. The van der Waals surface area contributed by atoms with Gasteiger partial charge in [0.25, 0.3) is 0 Å². The van der Waals surface area contributed by atoms with Crippen molar-refractivity contribution in [2.75, 3.05) is 11.1 Å². The van der Waals surface area contributed by atoms with Gasteiger partial charge < -0.3 is 15.8 Å². The van der Waals surface area contributed by atoms with Gasteiger partial charge in [-0.3, -0.25) is 4.79 Å². The van der Waals surface area contributed by atoms with Gasteiger partial charge in [-0.1, -0.05) is 37.0 Å². The number of anilines is 2. The van der Waals surface area contributed by atoms with E-state index in [4.69, 9.17) is 33.7 Å². The summed E-state index contributed by atoms with van der Waals surface area (Å²) in [5.74, 6) is 0.975. The Labute approximate surface area is 144 Å². The van der Waals surface area contributed by atoms with E-state index in [0.29, 0.717) is 33.7 Å². The van der Waals surface area contributed by atoms with Gasteiger partial charge in [-0.25, -0.2) is 0 Å². The molecule has 23 heavy (non-hydrogen) atoms. The second-order valence-electron chi connectivity index (χ2n) is 6.23. The van der Waals surface area contributed by atoms with Crippen LogP contribution in [0.2, 0.25) is 10.0 Å². The van der Waals surface area contributed by atoms with Gasteiger partial charge in [-0.05, 0) is 35.9 Å². The molecule has 0 spiro atoms. The summed E-state index contributed by atoms with van der Waals surface area (Å²) in [6.45, 7) is 4.05. The van der Waals surface area contributed by atoms with E-state index in [0.717, 1.165) is 11.3 Å². The SMILES string of the molecule is CC1(C)CC(=O)Nc2ccc(Oc3c(Cl)cc(N)cc3Cl)cc21. The molecule has 1 aliphatic rings. The van der Waals surface area contributed by atoms with E-state index in [1.54, 1.807) is 18.2 Å². The minimum atomic E-state index is -0.272. The molecule has 1 heterocycles. The Morgan fingerprint density at radius 2 is 1.83 bits per heavy atom. The molecule has 0 aromatic heterocycles. The van der Waals surface area contributed by atoms with E-state index in [2.05, 4.69) is 5.32 Å². The molecule has 0 bridgehead atoms. The summed E-state index contributed by atoms with van der Waals surface area (Å²) >= 11 is 12.3. The molecule has 3 N–H and O–H groups in total. The number of hydrogen-bond acceptors (Lipinski definition) is 3. The van der Waals surface area contributed by atoms with Gasteiger partial charge in [0.05, 0.1) is 10.0 Å². The number of amides is 1. The van der Waals surface area contributed by atoms with Crippen LogP contribution in [0, 0.1) is 0 Å². The maximum Gasteiger partial charge on any atom is 0.225 e. The minimum Gasteiger partial charge on any atom is -0.454 e. The molecule has 0 fully saturated rings. The highest BCUT2D eigenvalue weighted by Crippen LogP contribution is 2.42. The fourth-order valence-electron chi connectivity index (χ4n) is 2.74. The smallest absolute Gasteiger partial charge is 0.225 e. The maximum atomic E-state index is 11.7. The van der Waals surface area contributed by atoms with Crippen molar-refractivity contribution in [2.45, 2.75) is 25.7 Å². The molecule has 2 aromatic rings. The second-order valence-corrected chi connectivity index (χ2v) is 7.05. The molecule has 0 atom stereocenters. The van der Waals surface area contributed by atoms with Gasteiger partial charge in [-0.15, -0.1) is 0 Å². The third-order valence-corrected chi connectivity index (χ3v) is 4.40. The first-order chi connectivity index (χ1) is 10.8. The zero-order valence-corrected chi connectivity index (χ0v) is 14.3. The number of hydrogen-bond donors (Lipinski definition) is 2. The Bertz CT molecular complexity index is 780. The predicted molar refractivity (Wildman–Crippen MR) is 93.7 cm³/mol. The van der Waals surface area contributed by atoms with Crippen molar-refractivity contribution in [3.05, 3.63) is 45.9 Å². The lowest BCUT2D eigenvalue weighted by Gasteiger charge is -2.32. The summed E-state index contributed by atoms with van der Waals surface area (Å²) in [5, 5.41) is 3.57. The quantitative estimate of drug-likeness (QED) is 0.750. The number of halogens is 2. The third-order valence-electron chi connectivity index (χ3n) is 3.84. The van der Waals surface area contributed by atoms with E-state index < -0.39 is 0 Å². The Kier molecular flexibility index (Phi) is 3.90. The highest BCUT2D eigenvalue weighted by Gasteiger charge is 2.32. The number of carbonyl (C=O) groups excluding carboxylic acids is 1. The molecule has 4 nitrogen and oxygen atoms in total. The number of ether oxygens (including phenoxy) is 1. The first kappa shape index (κ1) is 16.0. The predicted octanol–water partition coefficient (Wildman–Crippen LogP) is 4.99. The summed E-state index contributed by atoms with van der Waals surface area (Å²) in [7, 11) is 0. The van der Waals surface area contributed by atoms with Crippen molar-refractivity contribution in [1.82, 2.24) is 0 Å². The van der Waals surface area contributed by atoms with E-state index >= 15 is 0 Å². The molecule has 0 radical (unpaired) electrons. The summed E-state index contributed by atoms with van der Waals surface area (Å²) < 4.78 is 5.85. The number of benzene rings is 2. The molecule has 6 heteroatoms. The Hall–Kier alpha value is -1.91. The van der Waals surface area contributed by atoms with Crippen molar-refractivity contribution in [3.8, 4) is 11.5 Å². The molecule has 1 aliphatic heterocycles. The van der Waals surface area contributed by atoms with Crippen molar-refractivity contribution in [2.24, 2.45) is 0 Å². The lowest BCUT2D eigenvalue weighted by molar-refractivity contribution is -0.117. The zero-order chi connectivity index (χ0) is 16.8. The fraction of sp³-hybridized carbons (Fsp3) is 0.235. The number of nitrogens with one attached hydrogen (secondary N) is 1. The maximum absolute atomic E-state index is 11.7. The fourth-order valence-corrected chi connectivity index (χ4v) is 3.32. The molecular formula is C17H16Cl2N2O2. The van der Waals surface area contributed by atoms with Gasteiger partial charge >= 0.3 is 0 Å². The highest BCUT2D eigenvalue weighted by molar-refractivity contribution is 6.37. The third kappa shape index (κ3) is 3.09. The van der Waals surface area contributed by atoms with Crippen molar-refractivity contribution in [1.29, 1.82) is 0 Å². The van der Waals surface area contributed by atoms with Gasteiger partial charge in [0.15, 0.2) is 5.75 Å². The van der Waals surface area contributed by atoms with E-state index in [-0.39, 0.29) is 11.3 Å². The molecule has 0 saturated carbocycles. The first-order valence-electron chi connectivity index (χ1n) is 7.13. The molecule has 2 aromatic carbocycles. The monoisotopic (exact) mass is 350 g/mol. The van der Waals surface area contributed by atoms with E-state index in [1.807, 2.05) is 26.0 Å². The van der Waals surface area contributed by atoms with Crippen molar-refractivity contribution >= 4 is 40.5 Å². The molecule has 120 valence electrons. The van der Waals surface area contributed by atoms with Crippen molar-refractivity contribution in [3.63, 3.8) is 0 Å². The number of fused-ring (bicyclic) bond motifs is 1. The van der Waals surface area contributed by atoms with Crippen LogP contribution in [0.4, 0.5) is 11.4 Å². The lowest BCUT2D eigenvalue weighted by Crippen LogP contribution is -2.32. The van der Waals surface area contributed by atoms with E-state index in [9.17, 15) is 4.79 Å². The Morgan fingerprint density at radius 3 is 2.48 bits per heavy atom. The molecule has 0 aliphatic carbocycles. The van der Waals surface area contributed by atoms with Crippen LogP contribution in [0.3, 0.4) is 0 Å². The zero-order valence-electron chi connectivity index (χ0n) is 12.7. The first-order valence-corrected chi connectivity index (χ1v) is 7.88. The average Bonchev–Trinajstić information content (AvgIpc) is 2.42. The summed E-state index contributed by atoms with van der Waals surface area (Å²) in [4.78, 5) is 11.7. The molecule has 0 unspecified atom stereocenters. The number of nitrogen functional groups attached to an aromatic ring is 1. The van der Waals surface area contributed by atoms with Crippen LogP contribution in [0.15, 0.2) is 30.3 Å². The largest absolute Gasteiger partial charge is 0.454 e. The van der Waals surface area contributed by atoms with Crippen LogP contribution in [0.5, 0.6) is 11.5 Å². The molecular weight excluding hydrogens is 335 g/mol. The topological polar surface area (TPSA) is 64.3 Å². The van der Waals surface area contributed by atoms with Crippen molar-refractivity contribution < 1.29 is 9.53 Å². The van der Waals surface area contributed by atoms with Crippen LogP contribution in [0.1, 0.15) is 25.8 Å². The lowest BCUT2D eigenvalue weighted by atomic mass is 9.78. The Balaban J connectivity index is 1.99. The highest BCUT2D eigenvalue weighted by atomic mass is 35.5. The van der Waals surface area contributed by atoms with Gasteiger partial charge in [0.2, 0.25) is 5.91 Å². The van der Waals surface area contributed by atoms with Crippen LogP contribution in [0.25, 0.3) is 0 Å². The molecule has 3 rings (SSSR count). The number of rotatable bonds is 2. The van der Waals surface area contributed by atoms with Crippen LogP contribution < -0.4 is 15.8 Å². The van der Waals surface area contributed by atoms with Crippen LogP contribution in [-0.4, -0.2) is 5.91 Å². The normalized spacial score (nSPS) is 15.7. The Morgan fingerprint density at radius 1 is 1.17 bits per heavy atom. The number of nitrogens with two attached hydrogens (primary N) is 1. The number of carbonyl (C=O) groups is 1. The van der Waals surface area contributed by atoms with E-state index in [1.165, 1.54) is 0 Å². The van der Waals surface area contributed by atoms with Gasteiger partial charge in [0, 0.05) is 23.2 Å². The molecule has 0 saturated heterocycles. The van der Waals surface area contributed by atoms with Crippen LogP contribution in [-0.2, 0) is 10.2 Å². The minimum absolute atomic E-state index is 0.0146. The summed E-state index contributed by atoms with van der Waals surface area (Å²) in [5.41, 5.74) is 7.71. The summed E-state index contributed by atoms with van der Waals surface area (Å²) in [6.07, 6.45) is 0.423. The second kappa shape index (κ2) is 5.62. The summed E-state index contributed by atoms with van der Waals surface area (Å²) in [6, 6.07) is 8.67. The van der Waals surface area contributed by atoms with Gasteiger partial charge in [-0.2, -0.15) is 0 Å². The van der Waals surface area contributed by atoms with Crippen LogP contribution >= 0.6 is 23.2 Å². The average molecular weight is 351 g/mol. The van der Waals surface area contributed by atoms with Gasteiger partial charge in [0.1, 0.15) is 5.75 Å².